The lowest BCUT2D eigenvalue weighted by atomic mass is 10.1. The van der Waals surface area contributed by atoms with Gasteiger partial charge in [-0.05, 0) is 48.7 Å². The molecule has 1 aliphatic heterocycles. The summed E-state index contributed by atoms with van der Waals surface area (Å²) in [6.07, 6.45) is 0. The van der Waals surface area contributed by atoms with E-state index < -0.39 is 0 Å². The minimum Gasteiger partial charge on any atom is -0.368 e. The van der Waals surface area contributed by atoms with E-state index in [0.29, 0.717) is 24.3 Å². The van der Waals surface area contributed by atoms with Crippen molar-refractivity contribution in [2.75, 3.05) is 31.1 Å². The predicted octanol–water partition coefficient (Wildman–Crippen LogP) is 3.30. The number of hydrogen-bond donors (Lipinski definition) is 1. The van der Waals surface area contributed by atoms with Crippen LogP contribution < -0.4 is 4.90 Å². The molecule has 1 fully saturated rings. The summed E-state index contributed by atoms with van der Waals surface area (Å²) in [5.74, 6) is 0.0264. The van der Waals surface area contributed by atoms with Crippen LogP contribution in [-0.2, 0) is 0 Å². The summed E-state index contributed by atoms with van der Waals surface area (Å²) in [6, 6.07) is 13.4. The van der Waals surface area contributed by atoms with Gasteiger partial charge in [0, 0.05) is 37.4 Å². The highest BCUT2D eigenvalue weighted by Crippen LogP contribution is 2.24. The number of hydrogen-bond acceptors (Lipinski definition) is 5. The van der Waals surface area contributed by atoms with Crippen molar-refractivity contribution in [3.8, 4) is 10.6 Å². The van der Waals surface area contributed by atoms with Crippen LogP contribution in [0.15, 0.2) is 47.8 Å². The molecule has 0 saturated carbocycles. The number of nitrogens with one attached hydrogen (secondary N) is 1. The van der Waals surface area contributed by atoms with Gasteiger partial charge in [-0.1, -0.05) is 6.07 Å². The fraction of sp³-hybridized carbons (Fsp3) is 0.250. The number of piperazine rings is 1. The molecule has 138 valence electrons. The molecule has 4 rings (SSSR count). The van der Waals surface area contributed by atoms with Crippen LogP contribution in [-0.4, -0.2) is 53.0 Å². The lowest BCUT2D eigenvalue weighted by molar-refractivity contribution is 0.0740. The summed E-state index contributed by atoms with van der Waals surface area (Å²) < 4.78 is 0. The van der Waals surface area contributed by atoms with E-state index in [4.69, 9.17) is 0 Å². The highest BCUT2D eigenvalue weighted by molar-refractivity contribution is 7.13. The molecule has 1 aliphatic rings. The van der Waals surface area contributed by atoms with Gasteiger partial charge in [0.25, 0.3) is 5.91 Å². The Morgan fingerprint density at radius 1 is 1.07 bits per heavy atom. The lowest BCUT2D eigenvalue weighted by Crippen LogP contribution is -2.48. The van der Waals surface area contributed by atoms with Gasteiger partial charge in [0.15, 0.2) is 11.5 Å². The molecule has 1 saturated heterocycles. The molecular formula is C20H20N4O2S. The van der Waals surface area contributed by atoms with Crippen molar-refractivity contribution >= 4 is 28.7 Å². The van der Waals surface area contributed by atoms with E-state index in [1.54, 1.807) is 18.3 Å². The minimum atomic E-state index is -0.0411. The zero-order valence-corrected chi connectivity index (χ0v) is 15.8. The molecule has 1 N–H and O–H groups in total. The number of rotatable bonds is 4. The number of Topliss-reactive ketones (excluding diaryl/α,β-unsaturated/α-hetero) is 1. The van der Waals surface area contributed by atoms with E-state index in [9.17, 15) is 9.59 Å². The minimum absolute atomic E-state index is 0.0411. The van der Waals surface area contributed by atoms with Gasteiger partial charge in [-0.2, -0.15) is 5.10 Å². The summed E-state index contributed by atoms with van der Waals surface area (Å²) in [7, 11) is 0. The second-order valence-corrected chi connectivity index (χ2v) is 7.47. The van der Waals surface area contributed by atoms with Crippen LogP contribution in [0.25, 0.3) is 10.6 Å². The summed E-state index contributed by atoms with van der Waals surface area (Å²) in [5.41, 5.74) is 3.12. The third kappa shape index (κ3) is 3.64. The Kier molecular flexibility index (Phi) is 4.77. The van der Waals surface area contributed by atoms with Crippen LogP contribution in [0.1, 0.15) is 27.8 Å². The molecule has 7 heteroatoms. The van der Waals surface area contributed by atoms with Crippen molar-refractivity contribution < 1.29 is 9.59 Å². The lowest BCUT2D eigenvalue weighted by Gasteiger charge is -2.35. The molecule has 0 atom stereocenters. The molecule has 1 aromatic carbocycles. The van der Waals surface area contributed by atoms with Gasteiger partial charge in [-0.15, -0.1) is 11.3 Å². The maximum absolute atomic E-state index is 12.7. The molecule has 6 nitrogen and oxygen atoms in total. The quantitative estimate of drug-likeness (QED) is 0.705. The van der Waals surface area contributed by atoms with Crippen LogP contribution in [0, 0.1) is 0 Å². The molecular weight excluding hydrogens is 360 g/mol. The standard InChI is InChI=1S/C20H20N4O2S/c1-14(25)15-4-6-16(7-5-15)23-8-10-24(11-9-23)20(26)18-13-17(21-22-18)19-3-2-12-27-19/h2-7,12-13H,8-11H2,1H3,(H,21,22). The van der Waals surface area contributed by atoms with Crippen LogP contribution in [0.5, 0.6) is 0 Å². The van der Waals surface area contributed by atoms with Gasteiger partial charge in [-0.3, -0.25) is 14.7 Å². The average Bonchev–Trinajstić information content (AvgIpc) is 3.39. The van der Waals surface area contributed by atoms with Gasteiger partial charge in [0.1, 0.15) is 0 Å². The van der Waals surface area contributed by atoms with E-state index in [0.717, 1.165) is 29.3 Å². The van der Waals surface area contributed by atoms with E-state index >= 15 is 0 Å². The van der Waals surface area contributed by atoms with Crippen molar-refractivity contribution in [1.82, 2.24) is 15.1 Å². The zero-order valence-electron chi connectivity index (χ0n) is 15.0. The normalized spacial score (nSPS) is 14.4. The van der Waals surface area contributed by atoms with Crippen molar-refractivity contribution in [1.29, 1.82) is 0 Å². The van der Waals surface area contributed by atoms with Crippen molar-refractivity contribution in [3.05, 3.63) is 59.1 Å². The number of benzene rings is 1. The second-order valence-electron chi connectivity index (χ2n) is 6.53. The molecule has 0 radical (unpaired) electrons. The molecule has 27 heavy (non-hydrogen) atoms. The molecule has 2 aromatic heterocycles. The van der Waals surface area contributed by atoms with Crippen LogP contribution >= 0.6 is 11.3 Å². The van der Waals surface area contributed by atoms with E-state index in [-0.39, 0.29) is 11.7 Å². The Hall–Kier alpha value is -2.93. The maximum Gasteiger partial charge on any atom is 0.274 e. The molecule has 0 bridgehead atoms. The number of aromatic amines is 1. The van der Waals surface area contributed by atoms with Crippen molar-refractivity contribution in [2.24, 2.45) is 0 Å². The maximum atomic E-state index is 12.7. The molecule has 3 aromatic rings. The Labute approximate surface area is 161 Å². The summed E-state index contributed by atoms with van der Waals surface area (Å²) in [5, 5.41) is 9.15. The van der Waals surface area contributed by atoms with Crippen LogP contribution in [0.3, 0.4) is 0 Å². The first-order valence-corrected chi connectivity index (χ1v) is 9.74. The van der Waals surface area contributed by atoms with Gasteiger partial charge >= 0.3 is 0 Å². The fourth-order valence-corrected chi connectivity index (χ4v) is 3.92. The van der Waals surface area contributed by atoms with Gasteiger partial charge < -0.3 is 9.80 Å². The second kappa shape index (κ2) is 7.36. The summed E-state index contributed by atoms with van der Waals surface area (Å²) in [4.78, 5) is 29.3. The van der Waals surface area contributed by atoms with Crippen molar-refractivity contribution in [2.45, 2.75) is 6.92 Å². The Morgan fingerprint density at radius 3 is 2.44 bits per heavy atom. The van der Waals surface area contributed by atoms with E-state index in [1.165, 1.54) is 0 Å². The third-order valence-electron chi connectivity index (χ3n) is 4.79. The molecule has 0 unspecified atom stereocenters. The monoisotopic (exact) mass is 380 g/mol. The Bertz CT molecular complexity index is 939. The molecule has 0 aliphatic carbocycles. The Morgan fingerprint density at radius 2 is 1.81 bits per heavy atom. The first-order chi connectivity index (χ1) is 13.1. The predicted molar refractivity (Wildman–Crippen MR) is 106 cm³/mol. The number of H-pyrrole nitrogens is 1. The topological polar surface area (TPSA) is 69.3 Å². The number of carbonyl (C=O) groups is 2. The van der Waals surface area contributed by atoms with Crippen molar-refractivity contribution in [3.63, 3.8) is 0 Å². The third-order valence-corrected chi connectivity index (χ3v) is 5.69. The van der Waals surface area contributed by atoms with E-state index in [1.807, 2.05) is 52.7 Å². The highest BCUT2D eigenvalue weighted by atomic mass is 32.1. The SMILES string of the molecule is CC(=O)c1ccc(N2CCN(C(=O)c3cc(-c4cccs4)[nH]n3)CC2)cc1. The fourth-order valence-electron chi connectivity index (χ4n) is 3.23. The van der Waals surface area contributed by atoms with Crippen LogP contribution in [0.4, 0.5) is 5.69 Å². The number of aromatic nitrogens is 2. The number of thiophene rings is 1. The Balaban J connectivity index is 1.38. The first kappa shape index (κ1) is 17.5. The number of anilines is 1. The molecule has 1 amide bonds. The number of ketones is 1. The smallest absolute Gasteiger partial charge is 0.274 e. The largest absolute Gasteiger partial charge is 0.368 e. The molecule has 0 spiro atoms. The molecule has 3 heterocycles. The van der Waals surface area contributed by atoms with Crippen LogP contribution in [0.2, 0.25) is 0 Å². The number of amides is 1. The summed E-state index contributed by atoms with van der Waals surface area (Å²) >= 11 is 1.61. The average molecular weight is 380 g/mol. The number of nitrogens with zero attached hydrogens (tertiary/aromatic N) is 3. The zero-order chi connectivity index (χ0) is 18.8. The van der Waals surface area contributed by atoms with E-state index in [2.05, 4.69) is 15.1 Å². The highest BCUT2D eigenvalue weighted by Gasteiger charge is 2.24. The number of carbonyl (C=O) groups excluding carboxylic acids is 2. The summed E-state index contributed by atoms with van der Waals surface area (Å²) in [6.45, 7) is 4.38. The van der Waals surface area contributed by atoms with Gasteiger partial charge in [0.05, 0.1) is 10.6 Å². The first-order valence-electron chi connectivity index (χ1n) is 8.86. The van der Waals surface area contributed by atoms with Gasteiger partial charge in [0.2, 0.25) is 0 Å². The van der Waals surface area contributed by atoms with Gasteiger partial charge in [-0.25, -0.2) is 0 Å².